The highest BCUT2D eigenvalue weighted by molar-refractivity contribution is 5.98. The second-order valence-electron chi connectivity index (χ2n) is 3.98. The highest BCUT2D eigenvalue weighted by Gasteiger charge is 2.11. The standard InChI is InChI=1S/C13H13FN4O2/c1-20-11-4-8(2-3-16-11)6-18-13(19)10-5-9(14)7-17-12(10)15/h2-5,7H,6H2,1H3,(H2,15,17)(H,18,19). The van der Waals surface area contributed by atoms with Gasteiger partial charge in [-0.05, 0) is 17.7 Å². The van der Waals surface area contributed by atoms with E-state index in [0.29, 0.717) is 5.88 Å². The first-order chi connectivity index (χ1) is 9.60. The van der Waals surface area contributed by atoms with Gasteiger partial charge in [-0.1, -0.05) is 0 Å². The molecule has 0 atom stereocenters. The minimum Gasteiger partial charge on any atom is -0.481 e. The number of nitrogens with two attached hydrogens (primary N) is 1. The topological polar surface area (TPSA) is 90.1 Å². The molecule has 20 heavy (non-hydrogen) atoms. The van der Waals surface area contributed by atoms with Crippen molar-refractivity contribution in [3.8, 4) is 5.88 Å². The van der Waals surface area contributed by atoms with Crippen LogP contribution in [0.2, 0.25) is 0 Å². The number of amides is 1. The molecular formula is C13H13FN4O2. The molecule has 7 heteroatoms. The van der Waals surface area contributed by atoms with Crippen molar-refractivity contribution in [2.24, 2.45) is 0 Å². The molecule has 0 aliphatic rings. The largest absolute Gasteiger partial charge is 0.481 e. The van der Waals surface area contributed by atoms with Crippen LogP contribution in [0.1, 0.15) is 15.9 Å². The fraction of sp³-hybridized carbons (Fsp3) is 0.154. The Labute approximate surface area is 114 Å². The van der Waals surface area contributed by atoms with Crippen LogP contribution in [0.5, 0.6) is 5.88 Å². The van der Waals surface area contributed by atoms with Crippen LogP contribution < -0.4 is 15.8 Å². The van der Waals surface area contributed by atoms with E-state index in [0.717, 1.165) is 17.8 Å². The fourth-order valence-corrected chi connectivity index (χ4v) is 1.58. The number of nitrogens with one attached hydrogen (secondary N) is 1. The Morgan fingerprint density at radius 1 is 1.45 bits per heavy atom. The summed E-state index contributed by atoms with van der Waals surface area (Å²) in [5.41, 5.74) is 6.34. The average Bonchev–Trinajstić information content (AvgIpc) is 2.47. The van der Waals surface area contributed by atoms with Crippen LogP contribution in [0, 0.1) is 5.82 Å². The molecule has 0 radical (unpaired) electrons. The average molecular weight is 276 g/mol. The van der Waals surface area contributed by atoms with Gasteiger partial charge < -0.3 is 15.8 Å². The van der Waals surface area contributed by atoms with Crippen LogP contribution in [0.25, 0.3) is 0 Å². The summed E-state index contributed by atoms with van der Waals surface area (Å²) in [6.07, 6.45) is 2.53. The van der Waals surface area contributed by atoms with Gasteiger partial charge in [-0.2, -0.15) is 0 Å². The van der Waals surface area contributed by atoms with Gasteiger partial charge in [-0.25, -0.2) is 14.4 Å². The lowest BCUT2D eigenvalue weighted by Crippen LogP contribution is -2.24. The SMILES string of the molecule is COc1cc(CNC(=O)c2cc(F)cnc2N)ccn1. The normalized spacial score (nSPS) is 10.1. The summed E-state index contributed by atoms with van der Waals surface area (Å²) in [5.74, 6) is -0.680. The van der Waals surface area contributed by atoms with Gasteiger partial charge in [0.05, 0.1) is 18.9 Å². The number of rotatable bonds is 4. The monoisotopic (exact) mass is 276 g/mol. The van der Waals surface area contributed by atoms with Crippen molar-refractivity contribution in [2.75, 3.05) is 12.8 Å². The molecule has 0 aromatic carbocycles. The summed E-state index contributed by atoms with van der Waals surface area (Å²) < 4.78 is 18.0. The predicted octanol–water partition coefficient (Wildman–Crippen LogP) is 1.14. The van der Waals surface area contributed by atoms with Crippen LogP contribution in [0.3, 0.4) is 0 Å². The van der Waals surface area contributed by atoms with Gasteiger partial charge in [-0.15, -0.1) is 0 Å². The quantitative estimate of drug-likeness (QED) is 0.873. The van der Waals surface area contributed by atoms with Crippen molar-refractivity contribution >= 4 is 11.7 Å². The Bertz CT molecular complexity index is 634. The molecule has 0 aliphatic carbocycles. The maximum atomic E-state index is 13.0. The molecule has 2 aromatic rings. The molecule has 0 fully saturated rings. The molecule has 0 saturated carbocycles. The minimum atomic E-state index is -0.616. The molecule has 0 unspecified atom stereocenters. The zero-order valence-corrected chi connectivity index (χ0v) is 10.8. The van der Waals surface area contributed by atoms with Crippen LogP contribution in [0.4, 0.5) is 10.2 Å². The number of anilines is 1. The van der Waals surface area contributed by atoms with Crippen molar-refractivity contribution in [1.82, 2.24) is 15.3 Å². The van der Waals surface area contributed by atoms with Crippen LogP contribution in [0.15, 0.2) is 30.6 Å². The third-order valence-electron chi connectivity index (χ3n) is 2.59. The molecular weight excluding hydrogens is 263 g/mol. The number of halogens is 1. The third-order valence-corrected chi connectivity index (χ3v) is 2.59. The summed E-state index contributed by atoms with van der Waals surface area (Å²) in [4.78, 5) is 19.4. The summed E-state index contributed by atoms with van der Waals surface area (Å²) in [7, 11) is 1.50. The van der Waals surface area contributed by atoms with Gasteiger partial charge in [0.2, 0.25) is 5.88 Å². The molecule has 3 N–H and O–H groups in total. The van der Waals surface area contributed by atoms with Gasteiger partial charge in [-0.3, -0.25) is 4.79 Å². The molecule has 2 aromatic heterocycles. The Kier molecular flexibility index (Phi) is 4.09. The van der Waals surface area contributed by atoms with E-state index in [-0.39, 0.29) is 17.9 Å². The van der Waals surface area contributed by atoms with Crippen LogP contribution >= 0.6 is 0 Å². The van der Waals surface area contributed by atoms with Crippen LogP contribution in [-0.4, -0.2) is 23.0 Å². The number of nitrogen functional groups attached to an aromatic ring is 1. The van der Waals surface area contributed by atoms with Crippen molar-refractivity contribution in [3.05, 3.63) is 47.5 Å². The van der Waals surface area contributed by atoms with Crippen molar-refractivity contribution in [2.45, 2.75) is 6.54 Å². The lowest BCUT2D eigenvalue weighted by atomic mass is 10.2. The van der Waals surface area contributed by atoms with E-state index in [1.165, 1.54) is 7.11 Å². The number of hydrogen-bond donors (Lipinski definition) is 2. The molecule has 0 bridgehead atoms. The first-order valence-electron chi connectivity index (χ1n) is 5.78. The fourth-order valence-electron chi connectivity index (χ4n) is 1.58. The molecule has 1 amide bonds. The van der Waals surface area contributed by atoms with E-state index in [1.54, 1.807) is 18.3 Å². The Hall–Kier alpha value is -2.70. The van der Waals surface area contributed by atoms with Gasteiger partial charge in [0, 0.05) is 18.8 Å². The zero-order chi connectivity index (χ0) is 14.5. The van der Waals surface area contributed by atoms with Gasteiger partial charge in [0.25, 0.3) is 5.91 Å². The van der Waals surface area contributed by atoms with Crippen molar-refractivity contribution in [3.63, 3.8) is 0 Å². The number of nitrogens with zero attached hydrogens (tertiary/aromatic N) is 2. The second kappa shape index (κ2) is 5.96. The number of methoxy groups -OCH3 is 1. The number of carbonyl (C=O) groups is 1. The smallest absolute Gasteiger partial charge is 0.255 e. The Balaban J connectivity index is 2.06. The molecule has 104 valence electrons. The van der Waals surface area contributed by atoms with E-state index in [4.69, 9.17) is 10.5 Å². The molecule has 0 aliphatic heterocycles. The second-order valence-corrected chi connectivity index (χ2v) is 3.98. The van der Waals surface area contributed by atoms with E-state index < -0.39 is 11.7 Å². The van der Waals surface area contributed by atoms with E-state index in [2.05, 4.69) is 15.3 Å². The molecule has 0 spiro atoms. The summed E-state index contributed by atoms with van der Waals surface area (Å²) >= 11 is 0. The minimum absolute atomic E-state index is 0.00558. The number of pyridine rings is 2. The van der Waals surface area contributed by atoms with E-state index >= 15 is 0 Å². The first kappa shape index (κ1) is 13.7. The predicted molar refractivity (Wildman–Crippen MR) is 70.6 cm³/mol. The third kappa shape index (κ3) is 3.19. The highest BCUT2D eigenvalue weighted by atomic mass is 19.1. The molecule has 2 rings (SSSR count). The van der Waals surface area contributed by atoms with Gasteiger partial charge in [0.15, 0.2) is 0 Å². The molecule has 2 heterocycles. The lowest BCUT2D eigenvalue weighted by Gasteiger charge is -2.07. The summed E-state index contributed by atoms with van der Waals surface area (Å²) in [6.45, 7) is 0.244. The van der Waals surface area contributed by atoms with Gasteiger partial charge >= 0.3 is 0 Å². The maximum Gasteiger partial charge on any atom is 0.255 e. The summed E-state index contributed by atoms with van der Waals surface area (Å²) in [5, 5.41) is 2.63. The Morgan fingerprint density at radius 3 is 3.00 bits per heavy atom. The lowest BCUT2D eigenvalue weighted by molar-refractivity contribution is 0.0951. The number of carbonyl (C=O) groups excluding carboxylic acids is 1. The van der Waals surface area contributed by atoms with Crippen molar-refractivity contribution in [1.29, 1.82) is 0 Å². The van der Waals surface area contributed by atoms with E-state index in [1.807, 2.05) is 0 Å². The molecule has 6 nitrogen and oxygen atoms in total. The summed E-state index contributed by atoms with van der Waals surface area (Å²) in [6, 6.07) is 4.47. The number of ether oxygens (including phenoxy) is 1. The van der Waals surface area contributed by atoms with Gasteiger partial charge in [0.1, 0.15) is 11.6 Å². The number of aromatic nitrogens is 2. The zero-order valence-electron chi connectivity index (χ0n) is 10.8. The highest BCUT2D eigenvalue weighted by Crippen LogP contribution is 2.11. The van der Waals surface area contributed by atoms with Crippen LogP contribution in [-0.2, 0) is 6.54 Å². The number of hydrogen-bond acceptors (Lipinski definition) is 5. The molecule has 0 saturated heterocycles. The van der Waals surface area contributed by atoms with Crippen molar-refractivity contribution < 1.29 is 13.9 Å². The van der Waals surface area contributed by atoms with E-state index in [9.17, 15) is 9.18 Å². The maximum absolute atomic E-state index is 13.0. The Morgan fingerprint density at radius 2 is 2.25 bits per heavy atom. The first-order valence-corrected chi connectivity index (χ1v) is 5.78.